The van der Waals surface area contributed by atoms with E-state index >= 15 is 0 Å². The van der Waals surface area contributed by atoms with E-state index in [-0.39, 0.29) is 0 Å². The Balaban J connectivity index is 1.89. The summed E-state index contributed by atoms with van der Waals surface area (Å²) in [5, 5.41) is 3.91. The number of hydrogen-bond donors (Lipinski definition) is 1. The molecule has 3 nitrogen and oxygen atoms in total. The van der Waals surface area contributed by atoms with Crippen LogP contribution in [0.1, 0.15) is 52.9 Å². The van der Waals surface area contributed by atoms with Crippen molar-refractivity contribution >= 4 is 0 Å². The number of nitrogens with one attached hydrogen (secondary N) is 1. The van der Waals surface area contributed by atoms with Gasteiger partial charge in [0, 0.05) is 31.2 Å². The molecule has 1 atom stereocenters. The smallest absolute Gasteiger partial charge is 0.0672 e. The first-order valence-corrected chi connectivity index (χ1v) is 8.74. The molecule has 0 bridgehead atoms. The molecule has 0 aromatic heterocycles. The van der Waals surface area contributed by atoms with Gasteiger partial charge in [-0.3, -0.25) is 4.90 Å². The summed E-state index contributed by atoms with van der Waals surface area (Å²) < 4.78 is 5.74. The number of ether oxygens (including phenoxy) is 1. The van der Waals surface area contributed by atoms with Gasteiger partial charge in [0.15, 0.2) is 0 Å². The molecular weight excluding hydrogens is 260 g/mol. The molecular formula is C18H34N2O. The molecule has 2 rings (SSSR count). The molecule has 0 aromatic rings. The van der Waals surface area contributed by atoms with Crippen molar-refractivity contribution in [3.63, 3.8) is 0 Å². The van der Waals surface area contributed by atoms with Crippen molar-refractivity contribution in [1.82, 2.24) is 10.2 Å². The third-order valence-corrected chi connectivity index (χ3v) is 5.11. The zero-order valence-electron chi connectivity index (χ0n) is 14.3. The van der Waals surface area contributed by atoms with Gasteiger partial charge in [0.05, 0.1) is 13.2 Å². The van der Waals surface area contributed by atoms with E-state index in [1.807, 2.05) is 6.92 Å². The molecule has 1 N–H and O–H groups in total. The predicted molar refractivity (Wildman–Crippen MR) is 89.7 cm³/mol. The van der Waals surface area contributed by atoms with Crippen LogP contribution in [0.4, 0.5) is 0 Å². The summed E-state index contributed by atoms with van der Waals surface area (Å²) in [6, 6.07) is 0.644. The number of hydrogen-bond acceptors (Lipinski definition) is 3. The summed E-state index contributed by atoms with van der Waals surface area (Å²) >= 11 is 0. The topological polar surface area (TPSA) is 24.5 Å². The Hall–Kier alpha value is -0.380. The highest BCUT2D eigenvalue weighted by Crippen LogP contribution is 2.32. The predicted octanol–water partition coefficient (Wildman–Crippen LogP) is 3.21. The second-order valence-corrected chi connectivity index (χ2v) is 7.51. The summed E-state index contributed by atoms with van der Waals surface area (Å²) in [5.74, 6) is 0.694. The maximum Gasteiger partial charge on any atom is 0.0672 e. The minimum Gasteiger partial charge on any atom is -0.376 e. The molecule has 0 amide bonds. The average molecular weight is 294 g/mol. The Morgan fingerprint density at radius 2 is 2.05 bits per heavy atom. The fraction of sp³-hybridized carbons (Fsp3) is 0.889. The molecule has 2 aliphatic rings. The normalized spacial score (nSPS) is 26.4. The SMILES string of the molecule is C=C(C)COCCN1CC2(CCCCC2)NCC1C(C)C. The Kier molecular flexibility index (Phi) is 6.27. The van der Waals surface area contributed by atoms with Gasteiger partial charge in [-0.05, 0) is 25.7 Å². The zero-order chi connectivity index (χ0) is 15.3. The fourth-order valence-electron chi connectivity index (χ4n) is 3.91. The zero-order valence-corrected chi connectivity index (χ0v) is 14.3. The summed E-state index contributed by atoms with van der Waals surface area (Å²) in [7, 11) is 0. The van der Waals surface area contributed by atoms with E-state index in [9.17, 15) is 0 Å². The first-order valence-electron chi connectivity index (χ1n) is 8.74. The van der Waals surface area contributed by atoms with Crippen molar-refractivity contribution in [3.05, 3.63) is 12.2 Å². The molecule has 2 fully saturated rings. The van der Waals surface area contributed by atoms with E-state index in [0.29, 0.717) is 24.1 Å². The van der Waals surface area contributed by atoms with Crippen LogP contribution >= 0.6 is 0 Å². The van der Waals surface area contributed by atoms with Gasteiger partial charge in [-0.2, -0.15) is 0 Å². The lowest BCUT2D eigenvalue weighted by molar-refractivity contribution is 0.0156. The van der Waals surface area contributed by atoms with Crippen molar-refractivity contribution in [1.29, 1.82) is 0 Å². The minimum absolute atomic E-state index is 0.387. The molecule has 21 heavy (non-hydrogen) atoms. The standard InChI is InChI=1S/C18H34N2O/c1-15(2)13-21-11-10-20-14-18(8-6-5-7-9-18)19-12-17(20)16(3)4/h16-17,19H,1,5-14H2,2-4H3. The van der Waals surface area contributed by atoms with E-state index in [1.165, 1.54) is 38.6 Å². The van der Waals surface area contributed by atoms with Crippen LogP contribution in [-0.4, -0.2) is 49.3 Å². The minimum atomic E-state index is 0.387. The van der Waals surface area contributed by atoms with E-state index in [0.717, 1.165) is 25.3 Å². The van der Waals surface area contributed by atoms with Gasteiger partial charge in [-0.25, -0.2) is 0 Å². The largest absolute Gasteiger partial charge is 0.376 e. The van der Waals surface area contributed by atoms with Gasteiger partial charge < -0.3 is 10.1 Å². The molecule has 1 heterocycles. The Labute approximate surface area is 131 Å². The molecule has 122 valence electrons. The van der Waals surface area contributed by atoms with Crippen molar-refractivity contribution in [2.75, 3.05) is 32.8 Å². The second-order valence-electron chi connectivity index (χ2n) is 7.51. The molecule has 1 aliphatic heterocycles. The first kappa shape index (κ1) is 17.0. The van der Waals surface area contributed by atoms with Crippen LogP contribution in [0.5, 0.6) is 0 Å². The molecule has 1 saturated carbocycles. The van der Waals surface area contributed by atoms with E-state index in [2.05, 4.69) is 30.6 Å². The third-order valence-electron chi connectivity index (χ3n) is 5.11. The molecule has 0 radical (unpaired) electrons. The highest BCUT2D eigenvalue weighted by Gasteiger charge is 2.40. The lowest BCUT2D eigenvalue weighted by atomic mass is 9.78. The monoisotopic (exact) mass is 294 g/mol. The molecule has 0 aromatic carbocycles. The lowest BCUT2D eigenvalue weighted by Gasteiger charge is -2.51. The summed E-state index contributed by atoms with van der Waals surface area (Å²) in [4.78, 5) is 2.69. The van der Waals surface area contributed by atoms with Gasteiger partial charge >= 0.3 is 0 Å². The van der Waals surface area contributed by atoms with Crippen LogP contribution in [0.25, 0.3) is 0 Å². The molecule has 1 saturated heterocycles. The van der Waals surface area contributed by atoms with Crippen LogP contribution in [0.15, 0.2) is 12.2 Å². The van der Waals surface area contributed by atoms with Gasteiger partial charge in [0.1, 0.15) is 0 Å². The third kappa shape index (κ3) is 4.80. The van der Waals surface area contributed by atoms with E-state index < -0.39 is 0 Å². The highest BCUT2D eigenvalue weighted by atomic mass is 16.5. The second kappa shape index (κ2) is 7.75. The Morgan fingerprint density at radius 3 is 2.67 bits per heavy atom. The van der Waals surface area contributed by atoms with Gasteiger partial charge in [0.2, 0.25) is 0 Å². The Bertz CT molecular complexity index is 334. The molecule has 3 heteroatoms. The lowest BCUT2D eigenvalue weighted by Crippen LogP contribution is -2.66. The maximum absolute atomic E-state index is 5.74. The van der Waals surface area contributed by atoms with Gasteiger partial charge in [-0.15, -0.1) is 0 Å². The van der Waals surface area contributed by atoms with Gasteiger partial charge in [-0.1, -0.05) is 45.3 Å². The fourth-order valence-corrected chi connectivity index (χ4v) is 3.91. The van der Waals surface area contributed by atoms with Crippen molar-refractivity contribution in [2.24, 2.45) is 5.92 Å². The molecule has 1 spiro atoms. The van der Waals surface area contributed by atoms with E-state index in [4.69, 9.17) is 4.74 Å². The van der Waals surface area contributed by atoms with Crippen molar-refractivity contribution in [2.45, 2.75) is 64.5 Å². The first-order chi connectivity index (χ1) is 10.0. The van der Waals surface area contributed by atoms with E-state index in [1.54, 1.807) is 0 Å². The molecule has 1 unspecified atom stereocenters. The summed E-state index contributed by atoms with van der Waals surface area (Å²) in [6.07, 6.45) is 6.89. The highest BCUT2D eigenvalue weighted by molar-refractivity contribution is 5.00. The maximum atomic E-state index is 5.74. The van der Waals surface area contributed by atoms with Gasteiger partial charge in [0.25, 0.3) is 0 Å². The molecule has 1 aliphatic carbocycles. The van der Waals surface area contributed by atoms with Crippen LogP contribution in [-0.2, 0) is 4.74 Å². The Morgan fingerprint density at radius 1 is 1.33 bits per heavy atom. The van der Waals surface area contributed by atoms with Crippen LogP contribution < -0.4 is 5.32 Å². The average Bonchev–Trinajstić information content (AvgIpc) is 2.44. The number of rotatable bonds is 6. The van der Waals surface area contributed by atoms with Crippen LogP contribution in [0, 0.1) is 5.92 Å². The van der Waals surface area contributed by atoms with Crippen LogP contribution in [0.2, 0.25) is 0 Å². The van der Waals surface area contributed by atoms with Crippen molar-refractivity contribution < 1.29 is 4.74 Å². The van der Waals surface area contributed by atoms with Crippen molar-refractivity contribution in [3.8, 4) is 0 Å². The number of piperazine rings is 1. The summed E-state index contributed by atoms with van der Waals surface area (Å²) in [6.45, 7) is 15.5. The quantitative estimate of drug-likeness (QED) is 0.601. The van der Waals surface area contributed by atoms with Crippen LogP contribution in [0.3, 0.4) is 0 Å². The number of nitrogens with zero attached hydrogens (tertiary/aromatic N) is 1. The summed E-state index contributed by atoms with van der Waals surface area (Å²) in [5.41, 5.74) is 1.50.